The molecule has 3 aromatic rings. The SMILES string of the molecule is COc1cccc(COc2nc(N3CCCC3)ncc2Sc2ccc(N)nc2)c1. The first kappa shape index (κ1) is 19.3. The molecule has 1 fully saturated rings. The third kappa shape index (κ3) is 4.89. The Balaban J connectivity index is 1.58. The van der Waals surface area contributed by atoms with Gasteiger partial charge in [-0.2, -0.15) is 4.98 Å². The minimum absolute atomic E-state index is 0.390. The standard InChI is InChI=1S/C21H23N5O2S/c1-27-16-6-4-5-15(11-16)14-28-20-18(29-17-7-8-19(22)23-12-17)13-24-21(25-20)26-9-2-3-10-26/h4-8,11-13H,2-3,9-10,14H2,1H3,(H2,22,23). The predicted molar refractivity (Wildman–Crippen MR) is 114 cm³/mol. The molecule has 0 unspecified atom stereocenters. The van der Waals surface area contributed by atoms with Crippen LogP contribution in [0.4, 0.5) is 11.8 Å². The lowest BCUT2D eigenvalue weighted by Crippen LogP contribution is -2.20. The Bertz CT molecular complexity index is 962. The Morgan fingerprint density at radius 3 is 2.72 bits per heavy atom. The van der Waals surface area contributed by atoms with E-state index >= 15 is 0 Å². The highest BCUT2D eigenvalue weighted by molar-refractivity contribution is 7.99. The molecule has 0 spiro atoms. The van der Waals surface area contributed by atoms with Crippen LogP contribution < -0.4 is 20.1 Å². The molecule has 1 aliphatic rings. The summed E-state index contributed by atoms with van der Waals surface area (Å²) < 4.78 is 11.4. The molecule has 8 heteroatoms. The van der Waals surface area contributed by atoms with Crippen molar-refractivity contribution in [1.82, 2.24) is 15.0 Å². The molecule has 4 rings (SSSR count). The fourth-order valence-electron chi connectivity index (χ4n) is 3.08. The Morgan fingerprint density at radius 2 is 1.97 bits per heavy atom. The number of benzene rings is 1. The van der Waals surface area contributed by atoms with Gasteiger partial charge in [0.15, 0.2) is 0 Å². The summed E-state index contributed by atoms with van der Waals surface area (Å²) in [6.45, 7) is 2.34. The molecule has 0 radical (unpaired) electrons. The van der Waals surface area contributed by atoms with Crippen LogP contribution in [0.1, 0.15) is 18.4 Å². The summed E-state index contributed by atoms with van der Waals surface area (Å²) in [6.07, 6.45) is 5.89. The van der Waals surface area contributed by atoms with E-state index in [4.69, 9.17) is 20.2 Å². The summed E-state index contributed by atoms with van der Waals surface area (Å²) in [5, 5.41) is 0. The molecule has 2 N–H and O–H groups in total. The maximum Gasteiger partial charge on any atom is 0.232 e. The van der Waals surface area contributed by atoms with Gasteiger partial charge < -0.3 is 20.1 Å². The summed E-state index contributed by atoms with van der Waals surface area (Å²) in [5.41, 5.74) is 6.70. The topological polar surface area (TPSA) is 86.4 Å². The van der Waals surface area contributed by atoms with Gasteiger partial charge in [0.25, 0.3) is 0 Å². The Hall–Kier alpha value is -3.00. The first-order valence-electron chi connectivity index (χ1n) is 9.48. The molecule has 2 aromatic heterocycles. The van der Waals surface area contributed by atoms with E-state index in [1.807, 2.05) is 36.5 Å². The summed E-state index contributed by atoms with van der Waals surface area (Å²) in [4.78, 5) is 17.4. The number of methoxy groups -OCH3 is 1. The van der Waals surface area contributed by atoms with Gasteiger partial charge >= 0.3 is 0 Å². The van der Waals surface area contributed by atoms with Gasteiger partial charge in [0.05, 0.1) is 18.2 Å². The van der Waals surface area contributed by atoms with Crippen LogP contribution in [0, 0.1) is 0 Å². The number of aromatic nitrogens is 3. The number of nitrogen functional groups attached to an aromatic ring is 1. The monoisotopic (exact) mass is 409 g/mol. The van der Waals surface area contributed by atoms with Gasteiger partial charge in [0, 0.05) is 24.2 Å². The van der Waals surface area contributed by atoms with E-state index in [0.717, 1.165) is 47.0 Å². The number of nitrogens with two attached hydrogens (primary N) is 1. The minimum atomic E-state index is 0.390. The summed E-state index contributed by atoms with van der Waals surface area (Å²) in [7, 11) is 1.65. The quantitative estimate of drug-likeness (QED) is 0.631. The number of rotatable bonds is 7. The average molecular weight is 410 g/mol. The molecule has 0 amide bonds. The van der Waals surface area contributed by atoms with E-state index in [0.29, 0.717) is 24.3 Å². The number of ether oxygens (including phenoxy) is 2. The normalized spacial score (nSPS) is 13.5. The Morgan fingerprint density at radius 1 is 1.10 bits per heavy atom. The Labute approximate surface area is 174 Å². The molecule has 0 saturated carbocycles. The lowest BCUT2D eigenvalue weighted by molar-refractivity contribution is 0.284. The molecule has 7 nitrogen and oxygen atoms in total. The van der Waals surface area contributed by atoms with Gasteiger partial charge in [-0.05, 0) is 42.7 Å². The number of nitrogens with zero attached hydrogens (tertiary/aromatic N) is 4. The Kier molecular flexibility index (Phi) is 6.00. The zero-order valence-corrected chi connectivity index (χ0v) is 17.1. The van der Waals surface area contributed by atoms with Crippen LogP contribution in [0.2, 0.25) is 0 Å². The number of hydrogen-bond donors (Lipinski definition) is 1. The second-order valence-corrected chi connectivity index (χ2v) is 7.81. The third-order valence-corrected chi connectivity index (χ3v) is 5.57. The molecule has 29 heavy (non-hydrogen) atoms. The van der Waals surface area contributed by atoms with Crippen LogP contribution in [-0.4, -0.2) is 35.2 Å². The smallest absolute Gasteiger partial charge is 0.232 e. The van der Waals surface area contributed by atoms with Gasteiger partial charge in [-0.1, -0.05) is 23.9 Å². The van der Waals surface area contributed by atoms with Crippen LogP contribution in [0.25, 0.3) is 0 Å². The average Bonchev–Trinajstić information content (AvgIpc) is 3.30. The zero-order chi connectivity index (χ0) is 20.1. The molecule has 1 aromatic carbocycles. The van der Waals surface area contributed by atoms with Gasteiger partial charge in [0.1, 0.15) is 18.2 Å². The van der Waals surface area contributed by atoms with Crippen molar-refractivity contribution in [2.45, 2.75) is 29.2 Å². The van der Waals surface area contributed by atoms with Crippen LogP contribution >= 0.6 is 11.8 Å². The molecule has 1 aliphatic heterocycles. The lowest BCUT2D eigenvalue weighted by Gasteiger charge is -2.17. The highest BCUT2D eigenvalue weighted by Crippen LogP contribution is 2.35. The number of pyridine rings is 1. The largest absolute Gasteiger partial charge is 0.497 e. The zero-order valence-electron chi connectivity index (χ0n) is 16.2. The molecule has 1 saturated heterocycles. The van der Waals surface area contributed by atoms with E-state index in [1.165, 1.54) is 11.8 Å². The predicted octanol–water partition coefficient (Wildman–Crippen LogP) is 3.79. The maximum atomic E-state index is 6.12. The van der Waals surface area contributed by atoms with Crippen molar-refractivity contribution >= 4 is 23.5 Å². The lowest BCUT2D eigenvalue weighted by atomic mass is 10.2. The molecule has 150 valence electrons. The van der Waals surface area contributed by atoms with Gasteiger partial charge in [-0.25, -0.2) is 9.97 Å². The third-order valence-electron chi connectivity index (χ3n) is 4.60. The van der Waals surface area contributed by atoms with E-state index in [-0.39, 0.29) is 0 Å². The maximum absolute atomic E-state index is 6.12. The first-order chi connectivity index (χ1) is 14.2. The van der Waals surface area contributed by atoms with Crippen molar-refractivity contribution in [3.8, 4) is 11.6 Å². The van der Waals surface area contributed by atoms with Crippen molar-refractivity contribution in [3.63, 3.8) is 0 Å². The minimum Gasteiger partial charge on any atom is -0.497 e. The summed E-state index contributed by atoms with van der Waals surface area (Å²) in [5.74, 6) is 2.56. The van der Waals surface area contributed by atoms with Crippen molar-refractivity contribution in [1.29, 1.82) is 0 Å². The first-order valence-corrected chi connectivity index (χ1v) is 10.3. The van der Waals surface area contributed by atoms with Crippen LogP contribution in [0.3, 0.4) is 0 Å². The highest BCUT2D eigenvalue weighted by Gasteiger charge is 2.18. The molecule has 3 heterocycles. The van der Waals surface area contributed by atoms with Gasteiger partial charge in [0.2, 0.25) is 11.8 Å². The van der Waals surface area contributed by atoms with E-state index in [1.54, 1.807) is 19.4 Å². The van der Waals surface area contributed by atoms with E-state index in [9.17, 15) is 0 Å². The van der Waals surface area contributed by atoms with Gasteiger partial charge in [-0.15, -0.1) is 0 Å². The van der Waals surface area contributed by atoms with Gasteiger partial charge in [-0.3, -0.25) is 0 Å². The van der Waals surface area contributed by atoms with Crippen molar-refractivity contribution in [2.75, 3.05) is 30.8 Å². The number of anilines is 2. The van der Waals surface area contributed by atoms with Crippen molar-refractivity contribution in [3.05, 3.63) is 54.4 Å². The molecular weight excluding hydrogens is 386 g/mol. The molecule has 0 aliphatic carbocycles. The molecule has 0 bridgehead atoms. The molecule has 0 atom stereocenters. The van der Waals surface area contributed by atoms with Crippen LogP contribution in [-0.2, 0) is 6.61 Å². The van der Waals surface area contributed by atoms with Crippen LogP contribution in [0.15, 0.2) is 58.6 Å². The van der Waals surface area contributed by atoms with E-state index in [2.05, 4.69) is 14.9 Å². The summed E-state index contributed by atoms with van der Waals surface area (Å²) in [6, 6.07) is 11.5. The highest BCUT2D eigenvalue weighted by atomic mass is 32.2. The van der Waals surface area contributed by atoms with Crippen molar-refractivity contribution in [2.24, 2.45) is 0 Å². The number of hydrogen-bond acceptors (Lipinski definition) is 8. The second kappa shape index (κ2) is 9.00. The van der Waals surface area contributed by atoms with E-state index < -0.39 is 0 Å². The fraction of sp³-hybridized carbons (Fsp3) is 0.286. The fourth-order valence-corrected chi connectivity index (χ4v) is 3.88. The van der Waals surface area contributed by atoms with Crippen molar-refractivity contribution < 1.29 is 9.47 Å². The summed E-state index contributed by atoms with van der Waals surface area (Å²) >= 11 is 1.51. The second-order valence-electron chi connectivity index (χ2n) is 6.69. The molecular formula is C21H23N5O2S. The van der Waals surface area contributed by atoms with Crippen LogP contribution in [0.5, 0.6) is 11.6 Å².